The van der Waals surface area contributed by atoms with Gasteiger partial charge < -0.3 is 4.90 Å². The SMILES string of the molecule is O=C(c1cccc(C(F)(F)F)c1)C1CCCN(C(=O)CSc2ccccn2)C1. The summed E-state index contributed by atoms with van der Waals surface area (Å²) in [6, 6.07) is 9.92. The summed E-state index contributed by atoms with van der Waals surface area (Å²) in [6.07, 6.45) is -1.63. The van der Waals surface area contributed by atoms with E-state index in [4.69, 9.17) is 0 Å². The topological polar surface area (TPSA) is 50.3 Å². The molecule has 1 fully saturated rings. The summed E-state index contributed by atoms with van der Waals surface area (Å²) in [4.78, 5) is 31.0. The normalized spacial score (nSPS) is 17.4. The molecule has 1 unspecified atom stereocenters. The number of rotatable bonds is 5. The van der Waals surface area contributed by atoms with Gasteiger partial charge in [0.1, 0.15) is 0 Å². The lowest BCUT2D eigenvalue weighted by Gasteiger charge is -2.32. The molecular weight excluding hydrogens is 389 g/mol. The third kappa shape index (κ3) is 5.13. The quantitative estimate of drug-likeness (QED) is 0.546. The highest BCUT2D eigenvalue weighted by atomic mass is 32.2. The predicted octanol–water partition coefficient (Wildman–Crippen LogP) is 4.31. The Kier molecular flexibility index (Phi) is 6.39. The number of benzene rings is 1. The van der Waals surface area contributed by atoms with Gasteiger partial charge in [0.05, 0.1) is 16.3 Å². The van der Waals surface area contributed by atoms with E-state index >= 15 is 0 Å². The number of carbonyl (C=O) groups excluding carboxylic acids is 2. The van der Waals surface area contributed by atoms with Crippen LogP contribution in [0.4, 0.5) is 13.2 Å². The number of pyridine rings is 1. The molecule has 1 aromatic carbocycles. The monoisotopic (exact) mass is 408 g/mol. The fraction of sp³-hybridized carbons (Fsp3) is 0.350. The second-order valence-corrected chi connectivity index (χ2v) is 7.57. The molecule has 1 amide bonds. The zero-order chi connectivity index (χ0) is 20.1. The van der Waals surface area contributed by atoms with Crippen molar-refractivity contribution in [3.05, 3.63) is 59.8 Å². The van der Waals surface area contributed by atoms with Crippen LogP contribution in [-0.4, -0.2) is 40.4 Å². The van der Waals surface area contributed by atoms with Crippen LogP contribution in [-0.2, 0) is 11.0 Å². The van der Waals surface area contributed by atoms with Crippen molar-refractivity contribution in [1.82, 2.24) is 9.88 Å². The van der Waals surface area contributed by atoms with Crippen molar-refractivity contribution in [3.8, 4) is 0 Å². The van der Waals surface area contributed by atoms with Gasteiger partial charge in [0.2, 0.25) is 5.91 Å². The molecule has 1 aromatic heterocycles. The molecule has 2 aromatic rings. The van der Waals surface area contributed by atoms with E-state index < -0.39 is 17.7 Å². The van der Waals surface area contributed by atoms with E-state index in [9.17, 15) is 22.8 Å². The van der Waals surface area contributed by atoms with E-state index in [1.807, 2.05) is 12.1 Å². The van der Waals surface area contributed by atoms with Gasteiger partial charge >= 0.3 is 6.18 Å². The van der Waals surface area contributed by atoms with Crippen LogP contribution < -0.4 is 0 Å². The van der Waals surface area contributed by atoms with E-state index in [1.165, 1.54) is 23.9 Å². The second-order valence-electron chi connectivity index (χ2n) is 6.58. The third-order valence-electron chi connectivity index (χ3n) is 4.60. The molecule has 0 spiro atoms. The number of likely N-dealkylation sites (tertiary alicyclic amines) is 1. The number of halogens is 3. The fourth-order valence-electron chi connectivity index (χ4n) is 3.16. The first kappa shape index (κ1) is 20.4. The number of piperidine rings is 1. The predicted molar refractivity (Wildman–Crippen MR) is 100 cm³/mol. The Morgan fingerprint density at radius 2 is 2.00 bits per heavy atom. The molecule has 4 nitrogen and oxygen atoms in total. The van der Waals surface area contributed by atoms with E-state index in [0.717, 1.165) is 17.2 Å². The molecule has 3 rings (SSSR count). The Morgan fingerprint density at radius 1 is 1.18 bits per heavy atom. The van der Waals surface area contributed by atoms with E-state index in [0.29, 0.717) is 19.4 Å². The molecule has 1 aliphatic heterocycles. The van der Waals surface area contributed by atoms with Crippen LogP contribution in [0.25, 0.3) is 0 Å². The molecule has 28 heavy (non-hydrogen) atoms. The van der Waals surface area contributed by atoms with Crippen LogP contribution in [0.5, 0.6) is 0 Å². The van der Waals surface area contributed by atoms with Crippen LogP contribution in [0, 0.1) is 5.92 Å². The zero-order valence-corrected chi connectivity index (χ0v) is 15.8. The van der Waals surface area contributed by atoms with E-state index in [2.05, 4.69) is 4.98 Å². The first-order valence-corrected chi connectivity index (χ1v) is 9.86. The molecule has 1 aliphatic rings. The minimum atomic E-state index is -4.49. The number of hydrogen-bond acceptors (Lipinski definition) is 4. The average Bonchev–Trinajstić information content (AvgIpc) is 2.72. The summed E-state index contributed by atoms with van der Waals surface area (Å²) in [6.45, 7) is 0.782. The standard InChI is InChI=1S/C20H19F3N2O2S/c21-20(22,23)16-7-3-5-14(11-16)19(27)15-6-4-10-25(12-15)18(26)13-28-17-8-1-2-9-24-17/h1-3,5,7-9,11,15H,4,6,10,12-13H2. The molecule has 0 saturated carbocycles. The lowest BCUT2D eigenvalue weighted by molar-refractivity contribution is -0.137. The molecule has 2 heterocycles. The molecule has 148 valence electrons. The first-order chi connectivity index (χ1) is 13.3. The number of carbonyl (C=O) groups is 2. The number of ketones is 1. The van der Waals surface area contributed by atoms with Gasteiger partial charge in [-0.15, -0.1) is 0 Å². The molecule has 1 saturated heterocycles. The number of nitrogens with zero attached hydrogens (tertiary/aromatic N) is 2. The lowest BCUT2D eigenvalue weighted by atomic mass is 9.89. The Hall–Kier alpha value is -2.35. The highest BCUT2D eigenvalue weighted by Crippen LogP contribution is 2.31. The Morgan fingerprint density at radius 3 is 2.71 bits per heavy atom. The van der Waals surface area contributed by atoms with Crippen molar-refractivity contribution in [2.45, 2.75) is 24.0 Å². The maximum Gasteiger partial charge on any atom is 0.416 e. The Labute approximate surface area is 165 Å². The van der Waals surface area contributed by atoms with Gasteiger partial charge in [0, 0.05) is 30.8 Å². The fourth-order valence-corrected chi connectivity index (χ4v) is 3.93. The van der Waals surface area contributed by atoms with Gasteiger partial charge in [0.25, 0.3) is 0 Å². The number of thioether (sulfide) groups is 1. The summed E-state index contributed by atoms with van der Waals surface area (Å²) in [5.41, 5.74) is -0.800. The van der Waals surface area contributed by atoms with Crippen molar-refractivity contribution >= 4 is 23.5 Å². The third-order valence-corrected chi connectivity index (χ3v) is 5.53. The molecule has 1 atom stereocenters. The molecule has 8 heteroatoms. The maximum absolute atomic E-state index is 12.9. The van der Waals surface area contributed by atoms with Crippen molar-refractivity contribution in [3.63, 3.8) is 0 Å². The number of hydrogen-bond donors (Lipinski definition) is 0. The maximum atomic E-state index is 12.9. The van der Waals surface area contributed by atoms with Gasteiger partial charge in [0.15, 0.2) is 5.78 Å². The van der Waals surface area contributed by atoms with Crippen LogP contribution >= 0.6 is 11.8 Å². The van der Waals surface area contributed by atoms with Crippen LogP contribution in [0.3, 0.4) is 0 Å². The van der Waals surface area contributed by atoms with E-state index in [1.54, 1.807) is 17.2 Å². The Balaban J connectivity index is 1.62. The minimum absolute atomic E-state index is 0.0389. The number of Topliss-reactive ketones (excluding diaryl/α,β-unsaturated/α-hetero) is 1. The zero-order valence-electron chi connectivity index (χ0n) is 15.0. The highest BCUT2D eigenvalue weighted by Gasteiger charge is 2.33. The Bertz CT molecular complexity index is 843. The number of amides is 1. The highest BCUT2D eigenvalue weighted by molar-refractivity contribution is 7.99. The first-order valence-electron chi connectivity index (χ1n) is 8.87. The molecular formula is C20H19F3N2O2S. The van der Waals surface area contributed by atoms with E-state index in [-0.39, 0.29) is 29.6 Å². The molecule has 0 N–H and O–H groups in total. The second kappa shape index (κ2) is 8.77. The van der Waals surface area contributed by atoms with Crippen molar-refractivity contribution < 1.29 is 22.8 Å². The van der Waals surface area contributed by atoms with Gasteiger partial charge in [-0.3, -0.25) is 9.59 Å². The summed E-state index contributed by atoms with van der Waals surface area (Å²) in [5, 5.41) is 0.740. The summed E-state index contributed by atoms with van der Waals surface area (Å²) in [5.74, 6) is -0.721. The summed E-state index contributed by atoms with van der Waals surface area (Å²) < 4.78 is 38.7. The largest absolute Gasteiger partial charge is 0.416 e. The smallest absolute Gasteiger partial charge is 0.341 e. The summed E-state index contributed by atoms with van der Waals surface area (Å²) in [7, 11) is 0. The molecule has 0 aliphatic carbocycles. The van der Waals surface area contributed by atoms with Crippen LogP contribution in [0.2, 0.25) is 0 Å². The number of aromatic nitrogens is 1. The van der Waals surface area contributed by atoms with Crippen LogP contribution in [0.15, 0.2) is 53.7 Å². The molecule has 0 bridgehead atoms. The van der Waals surface area contributed by atoms with Crippen LogP contribution in [0.1, 0.15) is 28.8 Å². The number of alkyl halides is 3. The van der Waals surface area contributed by atoms with Crippen molar-refractivity contribution in [2.75, 3.05) is 18.8 Å². The molecule has 0 radical (unpaired) electrons. The van der Waals surface area contributed by atoms with Gasteiger partial charge in [-0.2, -0.15) is 13.2 Å². The van der Waals surface area contributed by atoms with Gasteiger partial charge in [-0.25, -0.2) is 4.98 Å². The average molecular weight is 408 g/mol. The lowest BCUT2D eigenvalue weighted by Crippen LogP contribution is -2.43. The van der Waals surface area contributed by atoms with Crippen molar-refractivity contribution in [1.29, 1.82) is 0 Å². The van der Waals surface area contributed by atoms with Crippen molar-refractivity contribution in [2.24, 2.45) is 5.92 Å². The van der Waals surface area contributed by atoms with Gasteiger partial charge in [-0.05, 0) is 37.1 Å². The van der Waals surface area contributed by atoms with Gasteiger partial charge in [-0.1, -0.05) is 30.0 Å². The minimum Gasteiger partial charge on any atom is -0.341 e. The summed E-state index contributed by atoms with van der Waals surface area (Å²) >= 11 is 1.32.